The van der Waals surface area contributed by atoms with E-state index in [1.165, 1.54) is 6.07 Å². The van der Waals surface area contributed by atoms with Crippen molar-refractivity contribution < 1.29 is 4.92 Å². The van der Waals surface area contributed by atoms with E-state index in [1.54, 1.807) is 6.07 Å². The molecule has 0 saturated carbocycles. The topological polar surface area (TPSA) is 50.7 Å². The summed E-state index contributed by atoms with van der Waals surface area (Å²) in [6.45, 7) is 17.0. The van der Waals surface area contributed by atoms with Crippen molar-refractivity contribution in [3.8, 4) is 0 Å². The Labute approximate surface area is 126 Å². The Balaban J connectivity index is 3.22. The van der Waals surface area contributed by atoms with Gasteiger partial charge in [0.05, 0.1) is 4.92 Å². The second kappa shape index (κ2) is 7.63. The Bertz CT molecular complexity index is 523. The van der Waals surface area contributed by atoms with Gasteiger partial charge < -0.3 is 9.74 Å². The molecule has 0 heterocycles. The molecule has 0 N–H and O–H groups in total. The molecule has 1 rings (SSSR count). The maximum absolute atomic E-state index is 11.4. The highest BCUT2D eigenvalue weighted by Crippen LogP contribution is 2.30. The summed E-state index contributed by atoms with van der Waals surface area (Å²) in [4.78, 5) is 16.4. The molecule has 0 aliphatic heterocycles. The Morgan fingerprint density at radius 1 is 1.24 bits per heavy atom. The van der Waals surface area contributed by atoms with Crippen LogP contribution in [0.2, 0.25) is 0 Å². The number of anilines is 1. The van der Waals surface area contributed by atoms with Crippen LogP contribution in [0.15, 0.2) is 18.2 Å². The fourth-order valence-electron chi connectivity index (χ4n) is 2.33. The molecule has 0 spiro atoms. The lowest BCUT2D eigenvalue weighted by Crippen LogP contribution is -2.31. The quantitative estimate of drug-likeness (QED) is 0.431. The van der Waals surface area contributed by atoms with Gasteiger partial charge in [-0.1, -0.05) is 27.7 Å². The smallest absolute Gasteiger partial charge is 0.293 e. The van der Waals surface area contributed by atoms with Crippen LogP contribution in [0.3, 0.4) is 0 Å². The fourth-order valence-corrected chi connectivity index (χ4v) is 2.33. The average Bonchev–Trinajstić information content (AvgIpc) is 2.37. The van der Waals surface area contributed by atoms with E-state index in [0.717, 1.165) is 13.1 Å². The minimum atomic E-state index is -0.351. The summed E-state index contributed by atoms with van der Waals surface area (Å²) >= 11 is 0. The largest absolute Gasteiger partial charge is 0.365 e. The zero-order valence-corrected chi connectivity index (χ0v) is 13.2. The van der Waals surface area contributed by atoms with Crippen LogP contribution in [0.4, 0.5) is 11.4 Å². The van der Waals surface area contributed by atoms with Gasteiger partial charge in [0.15, 0.2) is 0 Å². The highest BCUT2D eigenvalue weighted by molar-refractivity contribution is 5.64. The van der Waals surface area contributed by atoms with Gasteiger partial charge in [-0.25, -0.2) is 6.57 Å². The standard InChI is InChI=1S/C16H23N3O2/c1-12(2)10-18(11-13(3)4)15-7-6-14(9-17-5)8-16(15)19(20)21/h6-8,12-13H,9-11H2,1-4H3. The van der Waals surface area contributed by atoms with Gasteiger partial charge in [-0.2, -0.15) is 0 Å². The molecule has 0 fully saturated rings. The van der Waals surface area contributed by atoms with Crippen LogP contribution in [-0.2, 0) is 6.54 Å². The Morgan fingerprint density at radius 2 is 1.81 bits per heavy atom. The summed E-state index contributed by atoms with van der Waals surface area (Å²) in [6.07, 6.45) is 0. The van der Waals surface area contributed by atoms with Gasteiger partial charge in [-0.15, -0.1) is 0 Å². The summed E-state index contributed by atoms with van der Waals surface area (Å²) < 4.78 is 0. The second-order valence-corrected chi connectivity index (χ2v) is 6.09. The highest BCUT2D eigenvalue weighted by atomic mass is 16.6. The third-order valence-electron chi connectivity index (χ3n) is 3.01. The number of benzene rings is 1. The van der Waals surface area contributed by atoms with Crippen molar-refractivity contribution in [2.24, 2.45) is 11.8 Å². The highest BCUT2D eigenvalue weighted by Gasteiger charge is 2.22. The van der Waals surface area contributed by atoms with Crippen molar-refractivity contribution in [1.29, 1.82) is 0 Å². The van der Waals surface area contributed by atoms with E-state index in [1.807, 2.05) is 6.07 Å². The molecule has 21 heavy (non-hydrogen) atoms. The van der Waals surface area contributed by atoms with Crippen LogP contribution in [0.1, 0.15) is 33.3 Å². The van der Waals surface area contributed by atoms with Crippen molar-refractivity contribution in [3.05, 3.63) is 45.3 Å². The monoisotopic (exact) mass is 289 g/mol. The first-order chi connectivity index (χ1) is 9.85. The predicted molar refractivity (Wildman–Crippen MR) is 85.3 cm³/mol. The van der Waals surface area contributed by atoms with Gasteiger partial charge in [-0.05, 0) is 24.0 Å². The van der Waals surface area contributed by atoms with Crippen molar-refractivity contribution >= 4 is 11.4 Å². The number of hydrogen-bond donors (Lipinski definition) is 0. The van der Waals surface area contributed by atoms with Crippen molar-refractivity contribution in [1.82, 2.24) is 0 Å². The molecular formula is C16H23N3O2. The lowest BCUT2D eigenvalue weighted by Gasteiger charge is -2.28. The number of nitro groups is 1. The van der Waals surface area contributed by atoms with E-state index >= 15 is 0 Å². The SMILES string of the molecule is [C-]#[N+]Cc1ccc(N(CC(C)C)CC(C)C)c([N+](=O)[O-])c1. The number of nitro benzene ring substituents is 1. The Hall–Kier alpha value is -2.09. The van der Waals surface area contributed by atoms with E-state index in [4.69, 9.17) is 6.57 Å². The third-order valence-corrected chi connectivity index (χ3v) is 3.01. The Morgan fingerprint density at radius 3 is 2.24 bits per heavy atom. The molecule has 0 aliphatic carbocycles. The number of nitrogens with zero attached hydrogens (tertiary/aromatic N) is 3. The van der Waals surface area contributed by atoms with Crippen LogP contribution in [0.25, 0.3) is 4.85 Å². The average molecular weight is 289 g/mol. The molecule has 5 nitrogen and oxygen atoms in total. The maximum Gasteiger partial charge on any atom is 0.293 e. The summed E-state index contributed by atoms with van der Waals surface area (Å²) in [5.41, 5.74) is 1.43. The molecule has 0 aliphatic rings. The first-order valence-corrected chi connectivity index (χ1v) is 7.20. The molecule has 0 atom stereocenters. The van der Waals surface area contributed by atoms with E-state index < -0.39 is 0 Å². The lowest BCUT2D eigenvalue weighted by atomic mass is 10.1. The summed E-state index contributed by atoms with van der Waals surface area (Å²) in [5.74, 6) is 0.845. The summed E-state index contributed by atoms with van der Waals surface area (Å²) in [5, 5.41) is 11.4. The zero-order valence-electron chi connectivity index (χ0n) is 13.2. The minimum Gasteiger partial charge on any atom is -0.365 e. The summed E-state index contributed by atoms with van der Waals surface area (Å²) in [7, 11) is 0. The van der Waals surface area contributed by atoms with Gasteiger partial charge in [-0.3, -0.25) is 10.1 Å². The van der Waals surface area contributed by atoms with Crippen LogP contribution in [0.5, 0.6) is 0 Å². The van der Waals surface area contributed by atoms with E-state index in [2.05, 4.69) is 37.4 Å². The second-order valence-electron chi connectivity index (χ2n) is 6.09. The van der Waals surface area contributed by atoms with Gasteiger partial charge in [0.1, 0.15) is 5.69 Å². The third kappa shape index (κ3) is 5.07. The van der Waals surface area contributed by atoms with Crippen LogP contribution >= 0.6 is 0 Å². The van der Waals surface area contributed by atoms with Crippen LogP contribution in [0, 0.1) is 28.5 Å². The van der Waals surface area contributed by atoms with Gasteiger partial charge in [0.25, 0.3) is 5.69 Å². The first-order valence-electron chi connectivity index (χ1n) is 7.20. The molecule has 0 bridgehead atoms. The number of hydrogen-bond acceptors (Lipinski definition) is 3. The molecule has 0 amide bonds. The molecule has 1 aromatic rings. The molecule has 0 radical (unpaired) electrons. The normalized spacial score (nSPS) is 10.7. The van der Waals surface area contributed by atoms with Crippen molar-refractivity contribution in [2.45, 2.75) is 34.2 Å². The fraction of sp³-hybridized carbons (Fsp3) is 0.562. The van der Waals surface area contributed by atoms with Crippen LogP contribution < -0.4 is 4.90 Å². The Kier molecular flexibility index (Phi) is 6.16. The lowest BCUT2D eigenvalue weighted by molar-refractivity contribution is -0.384. The molecule has 0 saturated heterocycles. The van der Waals surface area contributed by atoms with Gasteiger partial charge in [0, 0.05) is 24.7 Å². The first kappa shape index (κ1) is 17.0. The molecule has 114 valence electrons. The van der Waals surface area contributed by atoms with Gasteiger partial charge in [0.2, 0.25) is 6.54 Å². The zero-order chi connectivity index (χ0) is 16.0. The molecular weight excluding hydrogens is 266 g/mol. The van der Waals surface area contributed by atoms with E-state index in [-0.39, 0.29) is 17.2 Å². The van der Waals surface area contributed by atoms with Crippen molar-refractivity contribution in [2.75, 3.05) is 18.0 Å². The molecule has 0 unspecified atom stereocenters. The molecule has 1 aromatic carbocycles. The predicted octanol–water partition coefficient (Wildman–Crippen LogP) is 4.13. The van der Waals surface area contributed by atoms with E-state index in [9.17, 15) is 10.1 Å². The van der Waals surface area contributed by atoms with Crippen molar-refractivity contribution in [3.63, 3.8) is 0 Å². The maximum atomic E-state index is 11.4. The molecule has 0 aromatic heterocycles. The van der Waals surface area contributed by atoms with E-state index in [0.29, 0.717) is 23.1 Å². The van der Waals surface area contributed by atoms with Gasteiger partial charge >= 0.3 is 0 Å². The molecule has 5 heteroatoms. The van der Waals surface area contributed by atoms with Crippen LogP contribution in [-0.4, -0.2) is 18.0 Å². The summed E-state index contributed by atoms with van der Waals surface area (Å²) in [6, 6.07) is 5.12. The number of rotatable bonds is 7. The minimum absolute atomic E-state index is 0.0949.